The van der Waals surface area contributed by atoms with Gasteiger partial charge in [0.25, 0.3) is 5.91 Å². The quantitative estimate of drug-likeness (QED) is 0.295. The van der Waals surface area contributed by atoms with Crippen LogP contribution in [0.3, 0.4) is 0 Å². The highest BCUT2D eigenvalue weighted by Gasteiger charge is 2.29. The van der Waals surface area contributed by atoms with E-state index in [2.05, 4.69) is 27.2 Å². The molecule has 1 fully saturated rings. The van der Waals surface area contributed by atoms with Gasteiger partial charge in [0.1, 0.15) is 17.4 Å². The fraction of sp³-hybridized carbons (Fsp3) is 0.192. The summed E-state index contributed by atoms with van der Waals surface area (Å²) in [5, 5.41) is 5.68. The maximum absolute atomic E-state index is 12.0. The first-order chi connectivity index (χ1) is 18.3. The number of nitrogens with one attached hydrogen (secondary N) is 2. The lowest BCUT2D eigenvalue weighted by Crippen LogP contribution is -2.40. The Bertz CT molecular complexity index is 1390. The topological polar surface area (TPSA) is 175 Å². The molecule has 1 aliphatic rings. The molecular weight excluding hydrogens is 490 g/mol. The first-order valence-corrected chi connectivity index (χ1v) is 11.7. The van der Waals surface area contributed by atoms with E-state index in [1.807, 2.05) is 11.0 Å². The van der Waals surface area contributed by atoms with Crippen molar-refractivity contribution in [3.8, 4) is 17.4 Å². The van der Waals surface area contributed by atoms with Crippen molar-refractivity contribution in [1.29, 1.82) is 0 Å². The van der Waals surface area contributed by atoms with Crippen LogP contribution in [0.1, 0.15) is 23.2 Å². The highest BCUT2D eigenvalue weighted by molar-refractivity contribution is 6.00. The Labute approximate surface area is 218 Å². The predicted molar refractivity (Wildman–Crippen MR) is 142 cm³/mol. The molecule has 3 amide bonds. The third-order valence-corrected chi connectivity index (χ3v) is 5.90. The molecule has 38 heavy (non-hydrogen) atoms. The number of amides is 3. The maximum Gasteiger partial charge on any atom is 0.255 e. The monoisotopic (exact) mass is 517 g/mol. The lowest BCUT2D eigenvalue weighted by atomic mass is 10.2. The number of methoxy groups -OCH3 is 1. The normalized spacial score (nSPS) is 14.4. The van der Waals surface area contributed by atoms with E-state index in [-0.39, 0.29) is 35.1 Å². The van der Waals surface area contributed by atoms with Gasteiger partial charge in [-0.15, -0.1) is 0 Å². The molecule has 12 heteroatoms. The van der Waals surface area contributed by atoms with E-state index < -0.39 is 11.8 Å². The van der Waals surface area contributed by atoms with Crippen molar-refractivity contribution in [1.82, 2.24) is 9.97 Å². The molecule has 4 rings (SSSR count). The summed E-state index contributed by atoms with van der Waals surface area (Å²) in [6.45, 7) is 4.14. The zero-order valence-electron chi connectivity index (χ0n) is 20.6. The molecule has 1 aromatic heterocycles. The fourth-order valence-corrected chi connectivity index (χ4v) is 4.07. The van der Waals surface area contributed by atoms with Crippen LogP contribution in [0.2, 0.25) is 0 Å². The molecule has 0 radical (unpaired) electrons. The van der Waals surface area contributed by atoms with Crippen LogP contribution in [0.15, 0.2) is 61.3 Å². The number of rotatable bonds is 10. The Kier molecular flexibility index (Phi) is 7.71. The van der Waals surface area contributed by atoms with Crippen LogP contribution in [0.4, 0.5) is 23.0 Å². The molecule has 2 aromatic carbocycles. The van der Waals surface area contributed by atoms with E-state index >= 15 is 0 Å². The highest BCUT2D eigenvalue weighted by Crippen LogP contribution is 2.35. The van der Waals surface area contributed by atoms with E-state index in [9.17, 15) is 14.4 Å². The molecule has 6 N–H and O–H groups in total. The van der Waals surface area contributed by atoms with Gasteiger partial charge in [0.15, 0.2) is 5.75 Å². The zero-order chi connectivity index (χ0) is 27.2. The summed E-state index contributed by atoms with van der Waals surface area (Å²) in [7, 11) is 1.51. The average molecular weight is 518 g/mol. The SMILES string of the molecule is C=CC(=O)Nc1ccccc1Oc1nc(Nc2ccc(N3CCCC3C(N)=O)cc2OC)ncc1C(N)=O. The van der Waals surface area contributed by atoms with Gasteiger partial charge in [-0.25, -0.2) is 4.98 Å². The largest absolute Gasteiger partial charge is 0.494 e. The third kappa shape index (κ3) is 5.64. The predicted octanol–water partition coefficient (Wildman–Crippen LogP) is 2.70. The summed E-state index contributed by atoms with van der Waals surface area (Å²) in [6, 6.07) is 11.6. The van der Waals surface area contributed by atoms with Gasteiger partial charge in [0.05, 0.1) is 18.5 Å². The molecular formula is C26H27N7O5. The van der Waals surface area contributed by atoms with E-state index in [1.54, 1.807) is 36.4 Å². The van der Waals surface area contributed by atoms with Gasteiger partial charge in [0.2, 0.25) is 23.6 Å². The molecule has 0 bridgehead atoms. The number of carbonyl (C=O) groups excluding carboxylic acids is 3. The Balaban J connectivity index is 1.63. The number of nitrogens with zero attached hydrogens (tertiary/aromatic N) is 3. The molecule has 1 unspecified atom stereocenters. The van der Waals surface area contributed by atoms with Gasteiger partial charge in [0, 0.05) is 24.5 Å². The number of hydrogen-bond acceptors (Lipinski definition) is 9. The molecule has 1 atom stereocenters. The number of nitrogens with two attached hydrogens (primary N) is 2. The minimum absolute atomic E-state index is 0.0609. The van der Waals surface area contributed by atoms with E-state index in [0.29, 0.717) is 30.1 Å². The number of primary amides is 2. The number of para-hydroxylation sites is 2. The van der Waals surface area contributed by atoms with Crippen LogP contribution in [-0.2, 0) is 9.59 Å². The van der Waals surface area contributed by atoms with Crippen LogP contribution < -0.4 is 36.5 Å². The second kappa shape index (κ2) is 11.3. The number of hydrogen-bond donors (Lipinski definition) is 4. The maximum atomic E-state index is 12.0. The molecule has 0 aliphatic carbocycles. The number of ether oxygens (including phenoxy) is 2. The minimum Gasteiger partial charge on any atom is -0.494 e. The van der Waals surface area contributed by atoms with E-state index in [0.717, 1.165) is 18.2 Å². The highest BCUT2D eigenvalue weighted by atomic mass is 16.5. The van der Waals surface area contributed by atoms with Crippen LogP contribution in [0, 0.1) is 0 Å². The van der Waals surface area contributed by atoms with Crippen molar-refractivity contribution in [3.05, 3.63) is 66.9 Å². The van der Waals surface area contributed by atoms with Crippen LogP contribution in [-0.4, -0.2) is 47.4 Å². The van der Waals surface area contributed by atoms with Crippen molar-refractivity contribution in [3.63, 3.8) is 0 Å². The fourth-order valence-electron chi connectivity index (χ4n) is 4.07. The molecule has 2 heterocycles. The summed E-state index contributed by atoms with van der Waals surface area (Å²) in [6.07, 6.45) is 3.91. The average Bonchev–Trinajstić information content (AvgIpc) is 3.40. The van der Waals surface area contributed by atoms with Crippen LogP contribution in [0.25, 0.3) is 0 Å². The molecule has 12 nitrogen and oxygen atoms in total. The zero-order valence-corrected chi connectivity index (χ0v) is 20.6. The van der Waals surface area contributed by atoms with Gasteiger partial charge in [-0.3, -0.25) is 14.4 Å². The third-order valence-electron chi connectivity index (χ3n) is 5.90. The number of aromatic nitrogens is 2. The second-order valence-corrected chi connectivity index (χ2v) is 8.33. The standard InChI is InChI=1S/C26H27N7O5/c1-3-22(34)30-17-7-4-5-9-20(17)38-25-16(23(27)35)14-29-26(32-25)31-18-11-10-15(13-21(18)37-2)33-12-6-8-19(33)24(28)36/h3-5,7,9-11,13-14,19H,1,6,8,12H2,2H3,(H2,27,35)(H2,28,36)(H,30,34)(H,29,31,32). The van der Waals surface area contributed by atoms with Crippen molar-refractivity contribution in [2.75, 3.05) is 29.2 Å². The lowest BCUT2D eigenvalue weighted by molar-refractivity contribution is -0.119. The molecule has 0 saturated carbocycles. The van der Waals surface area contributed by atoms with Crippen LogP contribution >= 0.6 is 0 Å². The van der Waals surface area contributed by atoms with Gasteiger partial charge >= 0.3 is 0 Å². The summed E-state index contributed by atoms with van der Waals surface area (Å²) in [5.41, 5.74) is 12.7. The lowest BCUT2D eigenvalue weighted by Gasteiger charge is -2.25. The summed E-state index contributed by atoms with van der Waals surface area (Å²) < 4.78 is 11.4. The van der Waals surface area contributed by atoms with Gasteiger partial charge in [-0.1, -0.05) is 18.7 Å². The molecule has 1 aliphatic heterocycles. The van der Waals surface area contributed by atoms with Gasteiger partial charge in [-0.2, -0.15) is 4.98 Å². The molecule has 196 valence electrons. The Morgan fingerprint density at radius 3 is 2.63 bits per heavy atom. The van der Waals surface area contributed by atoms with Crippen molar-refractivity contribution in [2.24, 2.45) is 11.5 Å². The Morgan fingerprint density at radius 1 is 1.13 bits per heavy atom. The van der Waals surface area contributed by atoms with Crippen molar-refractivity contribution >= 4 is 40.7 Å². The Hall–Kier alpha value is -5.13. The van der Waals surface area contributed by atoms with Gasteiger partial charge < -0.3 is 36.5 Å². The molecule has 3 aromatic rings. The van der Waals surface area contributed by atoms with Crippen LogP contribution in [0.5, 0.6) is 17.4 Å². The Morgan fingerprint density at radius 2 is 1.92 bits per heavy atom. The number of anilines is 4. The smallest absolute Gasteiger partial charge is 0.255 e. The first-order valence-electron chi connectivity index (χ1n) is 11.7. The summed E-state index contributed by atoms with van der Waals surface area (Å²) in [5.74, 6) is -0.924. The first kappa shape index (κ1) is 25.9. The van der Waals surface area contributed by atoms with Crippen molar-refractivity contribution < 1.29 is 23.9 Å². The summed E-state index contributed by atoms with van der Waals surface area (Å²) >= 11 is 0. The van der Waals surface area contributed by atoms with Gasteiger partial charge in [-0.05, 0) is 43.2 Å². The summed E-state index contributed by atoms with van der Waals surface area (Å²) in [4.78, 5) is 46.1. The second-order valence-electron chi connectivity index (χ2n) is 8.33. The van der Waals surface area contributed by atoms with E-state index in [4.69, 9.17) is 20.9 Å². The van der Waals surface area contributed by atoms with E-state index in [1.165, 1.54) is 13.3 Å². The minimum atomic E-state index is -0.796. The molecule has 1 saturated heterocycles. The van der Waals surface area contributed by atoms with Crippen molar-refractivity contribution in [2.45, 2.75) is 18.9 Å². The number of benzene rings is 2. The molecule has 0 spiro atoms. The number of carbonyl (C=O) groups is 3.